The van der Waals surface area contributed by atoms with Gasteiger partial charge in [0, 0.05) is 25.2 Å². The number of ether oxygens (including phenoxy) is 1. The number of nitrogens with one attached hydrogen (secondary N) is 1. The summed E-state index contributed by atoms with van der Waals surface area (Å²) in [4.78, 5) is 38.5. The molecule has 6 nitrogen and oxygen atoms in total. The first-order chi connectivity index (χ1) is 14.0. The van der Waals surface area contributed by atoms with Gasteiger partial charge < -0.3 is 15.0 Å². The second-order valence-corrected chi connectivity index (χ2v) is 7.20. The molecule has 0 bridgehead atoms. The van der Waals surface area contributed by atoms with Crippen molar-refractivity contribution < 1.29 is 19.1 Å². The van der Waals surface area contributed by atoms with Gasteiger partial charge in [-0.3, -0.25) is 14.4 Å². The van der Waals surface area contributed by atoms with E-state index in [4.69, 9.17) is 4.74 Å². The predicted molar refractivity (Wildman–Crippen MR) is 110 cm³/mol. The molecule has 1 N–H and O–H groups in total. The molecule has 1 fully saturated rings. The number of hydrogen-bond donors (Lipinski definition) is 1. The number of carbonyl (C=O) groups is 3. The van der Waals surface area contributed by atoms with Gasteiger partial charge in [-0.15, -0.1) is 0 Å². The molecule has 0 unspecified atom stereocenters. The summed E-state index contributed by atoms with van der Waals surface area (Å²) in [5.41, 5.74) is 4.00. The van der Waals surface area contributed by atoms with Gasteiger partial charge in [-0.25, -0.2) is 0 Å². The molecule has 2 aromatic rings. The number of rotatable bonds is 7. The lowest BCUT2D eigenvalue weighted by atomic mass is 10.1. The summed E-state index contributed by atoms with van der Waals surface area (Å²) in [6, 6.07) is 15.4. The van der Waals surface area contributed by atoms with E-state index in [2.05, 4.69) is 5.32 Å². The number of benzene rings is 2. The van der Waals surface area contributed by atoms with Crippen LogP contribution in [0.2, 0.25) is 0 Å². The van der Waals surface area contributed by atoms with Gasteiger partial charge in [-0.1, -0.05) is 49.4 Å². The van der Waals surface area contributed by atoms with Crippen LogP contribution in [0.15, 0.2) is 48.5 Å². The molecule has 2 amide bonds. The highest BCUT2D eigenvalue weighted by Gasteiger charge is 2.36. The Labute approximate surface area is 170 Å². The van der Waals surface area contributed by atoms with Crippen molar-refractivity contribution in [1.82, 2.24) is 5.32 Å². The molecule has 152 valence electrons. The fraction of sp³-hybridized carbons (Fsp3) is 0.348. The topological polar surface area (TPSA) is 75.7 Å². The van der Waals surface area contributed by atoms with Gasteiger partial charge in [-0.05, 0) is 36.1 Å². The standard InChI is InChI=1S/C23H26N2O4/c1-3-17-9-6-7-11-20(17)25-14-19(12-22(25)27)23(28)29-15-21(26)24-13-18-10-5-4-8-16(18)2/h4-11,19H,3,12-15H2,1-2H3,(H,24,26)/t19-/m0/s1. The first-order valence-corrected chi connectivity index (χ1v) is 9.85. The van der Waals surface area contributed by atoms with E-state index in [-0.39, 0.29) is 31.4 Å². The van der Waals surface area contributed by atoms with E-state index in [0.717, 1.165) is 28.8 Å². The molecule has 6 heteroatoms. The van der Waals surface area contributed by atoms with Crippen molar-refractivity contribution >= 4 is 23.5 Å². The average Bonchev–Trinajstić information content (AvgIpc) is 3.12. The lowest BCUT2D eigenvalue weighted by Gasteiger charge is -2.19. The first-order valence-electron chi connectivity index (χ1n) is 9.85. The Kier molecular flexibility index (Phi) is 6.65. The van der Waals surface area contributed by atoms with Crippen LogP contribution in [0.1, 0.15) is 30.0 Å². The molecule has 0 aliphatic carbocycles. The van der Waals surface area contributed by atoms with Crippen molar-refractivity contribution in [1.29, 1.82) is 0 Å². The molecule has 0 saturated carbocycles. The van der Waals surface area contributed by atoms with E-state index in [1.807, 2.05) is 62.4 Å². The maximum atomic E-state index is 12.4. The molecule has 2 aromatic carbocycles. The van der Waals surface area contributed by atoms with Gasteiger partial charge in [0.05, 0.1) is 5.92 Å². The molecule has 1 aliphatic rings. The van der Waals surface area contributed by atoms with Crippen molar-refractivity contribution in [2.45, 2.75) is 33.2 Å². The van der Waals surface area contributed by atoms with Crippen LogP contribution in [0.25, 0.3) is 0 Å². The third-order valence-corrected chi connectivity index (χ3v) is 5.20. The fourth-order valence-corrected chi connectivity index (χ4v) is 3.48. The smallest absolute Gasteiger partial charge is 0.311 e. The number of hydrogen-bond acceptors (Lipinski definition) is 4. The fourth-order valence-electron chi connectivity index (χ4n) is 3.48. The maximum absolute atomic E-state index is 12.4. The second kappa shape index (κ2) is 9.37. The first kappa shape index (κ1) is 20.6. The van der Waals surface area contributed by atoms with Gasteiger partial charge in [-0.2, -0.15) is 0 Å². The maximum Gasteiger partial charge on any atom is 0.311 e. The van der Waals surface area contributed by atoms with Crippen LogP contribution in [0.4, 0.5) is 5.69 Å². The Balaban J connectivity index is 1.50. The summed E-state index contributed by atoms with van der Waals surface area (Å²) >= 11 is 0. The normalized spacial score (nSPS) is 16.0. The molecular formula is C23H26N2O4. The van der Waals surface area contributed by atoms with E-state index in [0.29, 0.717) is 6.54 Å². The molecule has 0 aromatic heterocycles. The van der Waals surface area contributed by atoms with Gasteiger partial charge in [0.1, 0.15) is 0 Å². The third-order valence-electron chi connectivity index (χ3n) is 5.20. The molecular weight excluding hydrogens is 368 g/mol. The Morgan fingerprint density at radius 2 is 1.79 bits per heavy atom. The number of para-hydroxylation sites is 1. The number of carbonyl (C=O) groups excluding carboxylic acids is 3. The lowest BCUT2D eigenvalue weighted by molar-refractivity contribution is -0.152. The summed E-state index contributed by atoms with van der Waals surface area (Å²) < 4.78 is 5.17. The van der Waals surface area contributed by atoms with Crippen LogP contribution in [-0.4, -0.2) is 30.9 Å². The van der Waals surface area contributed by atoms with Crippen molar-refractivity contribution in [3.63, 3.8) is 0 Å². The van der Waals surface area contributed by atoms with E-state index in [1.54, 1.807) is 4.90 Å². The van der Waals surface area contributed by atoms with E-state index < -0.39 is 11.9 Å². The third kappa shape index (κ3) is 5.02. The largest absolute Gasteiger partial charge is 0.455 e. The molecule has 0 radical (unpaired) electrons. The van der Waals surface area contributed by atoms with E-state index in [1.165, 1.54) is 0 Å². The minimum Gasteiger partial charge on any atom is -0.455 e. The van der Waals surface area contributed by atoms with Gasteiger partial charge >= 0.3 is 5.97 Å². The highest BCUT2D eigenvalue weighted by molar-refractivity contribution is 6.00. The van der Waals surface area contributed by atoms with Crippen LogP contribution in [0.3, 0.4) is 0 Å². The van der Waals surface area contributed by atoms with Gasteiger partial charge in [0.25, 0.3) is 5.91 Å². The zero-order valence-corrected chi connectivity index (χ0v) is 16.8. The van der Waals surface area contributed by atoms with Gasteiger partial charge in [0.2, 0.25) is 5.91 Å². The molecule has 29 heavy (non-hydrogen) atoms. The Bertz CT molecular complexity index is 909. The van der Waals surface area contributed by atoms with Crippen LogP contribution < -0.4 is 10.2 Å². The molecule has 0 spiro atoms. The highest BCUT2D eigenvalue weighted by Crippen LogP contribution is 2.29. The van der Waals surface area contributed by atoms with Crippen molar-refractivity contribution in [2.24, 2.45) is 5.92 Å². The summed E-state index contributed by atoms with van der Waals surface area (Å²) in [6.45, 7) is 4.31. The summed E-state index contributed by atoms with van der Waals surface area (Å²) in [5, 5.41) is 2.75. The Morgan fingerprint density at radius 3 is 2.52 bits per heavy atom. The summed E-state index contributed by atoms with van der Waals surface area (Å²) in [6.07, 6.45) is 0.901. The number of esters is 1. The predicted octanol–water partition coefficient (Wildman–Crippen LogP) is 2.77. The van der Waals surface area contributed by atoms with E-state index >= 15 is 0 Å². The van der Waals surface area contributed by atoms with Crippen LogP contribution >= 0.6 is 0 Å². The molecule has 1 aliphatic heterocycles. The molecule has 1 heterocycles. The average molecular weight is 394 g/mol. The summed E-state index contributed by atoms with van der Waals surface area (Å²) in [7, 11) is 0. The number of aryl methyl sites for hydroxylation is 2. The molecule has 3 rings (SSSR count). The quantitative estimate of drug-likeness (QED) is 0.733. The number of anilines is 1. The highest BCUT2D eigenvalue weighted by atomic mass is 16.5. The van der Waals surface area contributed by atoms with Crippen LogP contribution in [0, 0.1) is 12.8 Å². The zero-order chi connectivity index (χ0) is 20.8. The minimum atomic E-state index is -0.559. The van der Waals surface area contributed by atoms with Crippen molar-refractivity contribution in [3.8, 4) is 0 Å². The van der Waals surface area contributed by atoms with Crippen molar-refractivity contribution in [2.75, 3.05) is 18.1 Å². The number of nitrogens with zero attached hydrogens (tertiary/aromatic N) is 1. The molecule has 1 saturated heterocycles. The second-order valence-electron chi connectivity index (χ2n) is 7.20. The Morgan fingerprint density at radius 1 is 1.10 bits per heavy atom. The SMILES string of the molecule is CCc1ccccc1N1C[C@@H](C(=O)OCC(=O)NCc2ccccc2C)CC1=O. The van der Waals surface area contributed by atoms with Gasteiger partial charge in [0.15, 0.2) is 6.61 Å². The van der Waals surface area contributed by atoms with Crippen LogP contribution in [0.5, 0.6) is 0 Å². The molecule has 1 atom stereocenters. The lowest BCUT2D eigenvalue weighted by Crippen LogP contribution is -2.31. The van der Waals surface area contributed by atoms with E-state index in [9.17, 15) is 14.4 Å². The minimum absolute atomic E-state index is 0.0989. The van der Waals surface area contributed by atoms with Crippen molar-refractivity contribution in [3.05, 3.63) is 65.2 Å². The Hall–Kier alpha value is -3.15. The van der Waals surface area contributed by atoms with Crippen LogP contribution in [-0.2, 0) is 32.1 Å². The summed E-state index contributed by atoms with van der Waals surface area (Å²) in [5.74, 6) is -1.53. The zero-order valence-electron chi connectivity index (χ0n) is 16.8. The number of amides is 2. The monoisotopic (exact) mass is 394 g/mol.